The van der Waals surface area contributed by atoms with Crippen LogP contribution in [0, 0.1) is 0 Å². The Morgan fingerprint density at radius 3 is 2.66 bits per heavy atom. The number of hydrogen-bond acceptors (Lipinski definition) is 6. The van der Waals surface area contributed by atoms with Crippen LogP contribution in [0.2, 0.25) is 0 Å². The fourth-order valence-electron chi connectivity index (χ4n) is 3.15. The molecule has 1 aliphatic carbocycles. The van der Waals surface area contributed by atoms with Crippen LogP contribution in [0.15, 0.2) is 65.1 Å². The Hall–Kier alpha value is -1.86. The molecular weight excluding hydrogens is 388 g/mol. The van der Waals surface area contributed by atoms with Crippen molar-refractivity contribution >= 4 is 17.5 Å². The van der Waals surface area contributed by atoms with Gasteiger partial charge in [0, 0.05) is 12.2 Å². The summed E-state index contributed by atoms with van der Waals surface area (Å²) in [6, 6.07) is 9.57. The molecular formula is C23H30O5S. The lowest BCUT2D eigenvalue weighted by molar-refractivity contribution is -0.112. The Kier molecular flexibility index (Phi) is 9.67. The SMILES string of the molecule is CSC1=CC(O)(CCCCOc2ccccc2)/C(=C/C=C/C(O)CCCO)C1=O. The first-order valence-electron chi connectivity index (χ1n) is 9.90. The predicted octanol–water partition coefficient (Wildman–Crippen LogP) is 3.41. The van der Waals surface area contributed by atoms with Crippen LogP contribution in [-0.4, -0.2) is 52.3 Å². The van der Waals surface area contributed by atoms with Gasteiger partial charge in [0.05, 0.1) is 17.6 Å². The molecule has 29 heavy (non-hydrogen) atoms. The van der Waals surface area contributed by atoms with Crippen LogP contribution in [0.3, 0.4) is 0 Å². The van der Waals surface area contributed by atoms with Crippen molar-refractivity contribution in [2.75, 3.05) is 19.5 Å². The van der Waals surface area contributed by atoms with Crippen molar-refractivity contribution in [1.29, 1.82) is 0 Å². The summed E-state index contributed by atoms with van der Waals surface area (Å²) in [5.74, 6) is 0.646. The number of para-hydroxylation sites is 1. The number of carbonyl (C=O) groups is 1. The molecule has 5 nitrogen and oxygen atoms in total. The topological polar surface area (TPSA) is 87.0 Å². The molecule has 0 fully saturated rings. The average molecular weight is 419 g/mol. The van der Waals surface area contributed by atoms with Gasteiger partial charge >= 0.3 is 0 Å². The first-order valence-corrected chi connectivity index (χ1v) is 11.1. The van der Waals surface area contributed by atoms with E-state index in [-0.39, 0.29) is 12.4 Å². The van der Waals surface area contributed by atoms with Crippen LogP contribution in [0.4, 0.5) is 0 Å². The molecule has 0 amide bonds. The molecule has 2 rings (SSSR count). The van der Waals surface area contributed by atoms with Gasteiger partial charge in [-0.15, -0.1) is 11.8 Å². The molecule has 0 saturated heterocycles. The van der Waals surface area contributed by atoms with E-state index in [0.717, 1.165) is 12.2 Å². The number of hydrogen-bond donors (Lipinski definition) is 3. The van der Waals surface area contributed by atoms with E-state index in [9.17, 15) is 15.0 Å². The van der Waals surface area contributed by atoms with Gasteiger partial charge in [-0.2, -0.15) is 0 Å². The zero-order valence-corrected chi connectivity index (χ0v) is 17.6. The van der Waals surface area contributed by atoms with Crippen LogP contribution in [0.5, 0.6) is 5.75 Å². The third-order valence-corrected chi connectivity index (χ3v) is 5.49. The van der Waals surface area contributed by atoms with Crippen LogP contribution in [-0.2, 0) is 4.79 Å². The molecule has 1 aromatic carbocycles. The van der Waals surface area contributed by atoms with Gasteiger partial charge in [-0.3, -0.25) is 4.79 Å². The van der Waals surface area contributed by atoms with E-state index in [0.29, 0.717) is 42.8 Å². The second-order valence-corrected chi connectivity index (χ2v) is 7.83. The van der Waals surface area contributed by atoms with Crippen LogP contribution in [0.25, 0.3) is 0 Å². The van der Waals surface area contributed by atoms with Crippen molar-refractivity contribution in [3.8, 4) is 5.75 Å². The minimum absolute atomic E-state index is 0.0270. The minimum Gasteiger partial charge on any atom is -0.494 e. The van der Waals surface area contributed by atoms with Crippen molar-refractivity contribution in [3.05, 3.63) is 65.1 Å². The Morgan fingerprint density at radius 2 is 1.97 bits per heavy atom. The van der Waals surface area contributed by atoms with E-state index in [4.69, 9.17) is 9.84 Å². The lowest BCUT2D eigenvalue weighted by Gasteiger charge is -2.22. The van der Waals surface area contributed by atoms with Crippen molar-refractivity contribution in [3.63, 3.8) is 0 Å². The summed E-state index contributed by atoms with van der Waals surface area (Å²) in [4.78, 5) is 13.1. The molecule has 0 heterocycles. The monoisotopic (exact) mass is 418 g/mol. The van der Waals surface area contributed by atoms with Gasteiger partial charge in [-0.25, -0.2) is 0 Å². The standard InChI is InChI=1S/C23H30O5S/c1-29-21-17-23(27,14-5-6-16-28-19-11-3-2-4-12-19)20(22(21)26)13-7-9-18(25)10-8-15-24/h2-4,7,9,11-13,17-18,24-25,27H,5-6,8,10,14-16H2,1H3/b9-7+,20-13+. The number of allylic oxidation sites excluding steroid dienone is 3. The molecule has 1 aromatic rings. The molecule has 0 aliphatic heterocycles. The third kappa shape index (κ3) is 7.16. The molecule has 0 bridgehead atoms. The zero-order chi connectivity index (χ0) is 21.1. The maximum Gasteiger partial charge on any atom is 0.198 e. The Balaban J connectivity index is 1.94. The number of ether oxygens (including phenoxy) is 1. The smallest absolute Gasteiger partial charge is 0.198 e. The van der Waals surface area contributed by atoms with E-state index < -0.39 is 11.7 Å². The predicted molar refractivity (Wildman–Crippen MR) is 117 cm³/mol. The number of carbonyl (C=O) groups excluding carboxylic acids is 1. The van der Waals surface area contributed by atoms with Gasteiger partial charge < -0.3 is 20.1 Å². The summed E-state index contributed by atoms with van der Waals surface area (Å²) < 4.78 is 5.68. The fourth-order valence-corrected chi connectivity index (χ4v) is 3.76. The molecule has 0 aromatic heterocycles. The van der Waals surface area contributed by atoms with E-state index in [1.807, 2.05) is 36.6 Å². The van der Waals surface area contributed by atoms with Crippen molar-refractivity contribution < 1.29 is 24.9 Å². The maximum absolute atomic E-state index is 12.6. The quantitative estimate of drug-likeness (QED) is 0.356. The lowest BCUT2D eigenvalue weighted by Crippen LogP contribution is -2.28. The molecule has 6 heteroatoms. The second-order valence-electron chi connectivity index (χ2n) is 6.98. The van der Waals surface area contributed by atoms with Gasteiger partial charge in [0.25, 0.3) is 0 Å². The zero-order valence-electron chi connectivity index (χ0n) is 16.8. The molecule has 158 valence electrons. The number of Topliss-reactive ketones (excluding diaryl/α,β-unsaturated/α-hetero) is 1. The van der Waals surface area contributed by atoms with Gasteiger partial charge in [0.2, 0.25) is 0 Å². The molecule has 0 saturated carbocycles. The summed E-state index contributed by atoms with van der Waals surface area (Å²) in [6.45, 7) is 0.572. The number of aliphatic hydroxyl groups excluding tert-OH is 2. The van der Waals surface area contributed by atoms with Crippen molar-refractivity contribution in [1.82, 2.24) is 0 Å². The van der Waals surface area contributed by atoms with E-state index >= 15 is 0 Å². The molecule has 0 spiro atoms. The highest BCUT2D eigenvalue weighted by Gasteiger charge is 2.40. The van der Waals surface area contributed by atoms with E-state index in [2.05, 4.69) is 0 Å². The number of unbranched alkanes of at least 4 members (excludes halogenated alkanes) is 1. The van der Waals surface area contributed by atoms with Gasteiger partial charge in [0.1, 0.15) is 11.4 Å². The Bertz CT molecular complexity index is 741. The van der Waals surface area contributed by atoms with Gasteiger partial charge in [-0.05, 0) is 56.6 Å². The lowest BCUT2D eigenvalue weighted by atomic mass is 9.90. The number of rotatable bonds is 12. The molecule has 2 atom stereocenters. The fraction of sp³-hybridized carbons (Fsp3) is 0.435. The Labute approximate surface area is 176 Å². The van der Waals surface area contributed by atoms with Gasteiger partial charge in [0.15, 0.2) is 5.78 Å². The largest absolute Gasteiger partial charge is 0.494 e. The minimum atomic E-state index is -1.30. The highest BCUT2D eigenvalue weighted by molar-refractivity contribution is 8.03. The van der Waals surface area contributed by atoms with Crippen LogP contribution in [0.1, 0.15) is 32.1 Å². The first kappa shape index (κ1) is 23.4. The third-order valence-electron chi connectivity index (χ3n) is 4.74. The number of thioether (sulfide) groups is 1. The summed E-state index contributed by atoms with van der Waals surface area (Å²) in [5.41, 5.74) is -0.973. The maximum atomic E-state index is 12.6. The number of ketones is 1. The summed E-state index contributed by atoms with van der Waals surface area (Å²) in [5, 5.41) is 29.7. The molecule has 3 N–H and O–H groups in total. The van der Waals surface area contributed by atoms with Crippen molar-refractivity contribution in [2.24, 2.45) is 0 Å². The molecule has 1 aliphatic rings. The molecule has 0 radical (unpaired) electrons. The van der Waals surface area contributed by atoms with Crippen molar-refractivity contribution in [2.45, 2.75) is 43.8 Å². The van der Waals surface area contributed by atoms with Crippen LogP contribution < -0.4 is 4.74 Å². The summed E-state index contributed by atoms with van der Waals surface area (Å²) in [7, 11) is 0. The van der Waals surface area contributed by atoms with E-state index in [1.54, 1.807) is 24.3 Å². The summed E-state index contributed by atoms with van der Waals surface area (Å²) >= 11 is 1.32. The normalized spacial score (nSPS) is 21.7. The average Bonchev–Trinajstić information content (AvgIpc) is 2.97. The highest BCUT2D eigenvalue weighted by Crippen LogP contribution is 2.38. The number of aliphatic hydroxyl groups is 3. The highest BCUT2D eigenvalue weighted by atomic mass is 32.2. The first-order chi connectivity index (χ1) is 14.0. The second kappa shape index (κ2) is 12.0. The van der Waals surface area contributed by atoms with Crippen LogP contribution >= 0.6 is 11.8 Å². The molecule has 2 unspecified atom stereocenters. The summed E-state index contributed by atoms with van der Waals surface area (Å²) in [6.07, 6.45) is 10.4. The van der Waals surface area contributed by atoms with Gasteiger partial charge in [-0.1, -0.05) is 36.4 Å². The number of benzene rings is 1. The van der Waals surface area contributed by atoms with E-state index in [1.165, 1.54) is 11.8 Å². The Morgan fingerprint density at radius 1 is 1.21 bits per heavy atom.